The maximum Gasteiger partial charge on any atom is 0.106 e. The smallest absolute Gasteiger partial charge is 0.106 e. The number of nitrogens with zero attached hydrogens (tertiary/aromatic N) is 3. The summed E-state index contributed by atoms with van der Waals surface area (Å²) in [6.07, 6.45) is 5.37. The fourth-order valence-corrected chi connectivity index (χ4v) is 2.48. The lowest BCUT2D eigenvalue weighted by molar-refractivity contribution is 0.878. The summed E-state index contributed by atoms with van der Waals surface area (Å²) in [5.41, 5.74) is 2.70. The van der Waals surface area contributed by atoms with Crippen molar-refractivity contribution in [2.45, 2.75) is 6.54 Å². The van der Waals surface area contributed by atoms with Gasteiger partial charge >= 0.3 is 0 Å². The minimum absolute atomic E-state index is 0.613. The van der Waals surface area contributed by atoms with Crippen molar-refractivity contribution in [3.63, 3.8) is 0 Å². The first-order chi connectivity index (χ1) is 10.2. The maximum atomic E-state index is 6.30. The van der Waals surface area contributed by atoms with Gasteiger partial charge < -0.3 is 5.32 Å². The van der Waals surface area contributed by atoms with Crippen LogP contribution in [0.4, 0.5) is 5.69 Å². The zero-order valence-corrected chi connectivity index (χ0v) is 13.3. The van der Waals surface area contributed by atoms with E-state index in [1.54, 1.807) is 17.1 Å². The Hall–Kier alpha value is -1.85. The fourth-order valence-electron chi connectivity index (χ4n) is 1.99. The SMILES string of the molecule is Clc1cccc(NCc2ccc(Br)cn2)c1-n1cccn1. The molecule has 6 heteroatoms. The van der Waals surface area contributed by atoms with E-state index in [-0.39, 0.29) is 0 Å². The number of pyridine rings is 1. The largest absolute Gasteiger partial charge is 0.378 e. The van der Waals surface area contributed by atoms with Gasteiger partial charge in [-0.1, -0.05) is 17.7 Å². The maximum absolute atomic E-state index is 6.30. The van der Waals surface area contributed by atoms with Crippen LogP contribution in [0, 0.1) is 0 Å². The summed E-state index contributed by atoms with van der Waals surface area (Å²) < 4.78 is 2.71. The van der Waals surface area contributed by atoms with Crippen LogP contribution in [0.2, 0.25) is 5.02 Å². The molecular weight excluding hydrogens is 352 g/mol. The number of para-hydroxylation sites is 1. The van der Waals surface area contributed by atoms with Gasteiger partial charge in [0.25, 0.3) is 0 Å². The Morgan fingerprint density at radius 1 is 1.19 bits per heavy atom. The van der Waals surface area contributed by atoms with E-state index in [1.807, 2.05) is 42.6 Å². The summed E-state index contributed by atoms with van der Waals surface area (Å²) in [6, 6.07) is 11.5. The first-order valence-electron chi connectivity index (χ1n) is 6.37. The molecular formula is C15H12BrClN4. The molecule has 0 bridgehead atoms. The summed E-state index contributed by atoms with van der Waals surface area (Å²) in [5.74, 6) is 0. The number of rotatable bonds is 4. The molecule has 1 aromatic carbocycles. The molecule has 2 aromatic heterocycles. The lowest BCUT2D eigenvalue weighted by Gasteiger charge is -2.13. The van der Waals surface area contributed by atoms with E-state index in [9.17, 15) is 0 Å². The Balaban J connectivity index is 1.86. The van der Waals surface area contributed by atoms with Crippen LogP contribution in [0.1, 0.15) is 5.69 Å². The summed E-state index contributed by atoms with van der Waals surface area (Å²) in [5, 5.41) is 8.25. The molecule has 0 radical (unpaired) electrons. The number of hydrogen-bond donors (Lipinski definition) is 1. The third kappa shape index (κ3) is 3.25. The van der Waals surface area contributed by atoms with Crippen LogP contribution in [-0.2, 0) is 6.54 Å². The highest BCUT2D eigenvalue weighted by atomic mass is 79.9. The van der Waals surface area contributed by atoms with Gasteiger partial charge in [-0.15, -0.1) is 0 Å². The van der Waals surface area contributed by atoms with Crippen LogP contribution in [0.25, 0.3) is 5.69 Å². The van der Waals surface area contributed by atoms with Gasteiger partial charge in [0.2, 0.25) is 0 Å². The predicted octanol–water partition coefficient (Wildman–Crippen LogP) is 4.30. The van der Waals surface area contributed by atoms with Crippen LogP contribution >= 0.6 is 27.5 Å². The van der Waals surface area contributed by atoms with Gasteiger partial charge in [0.05, 0.1) is 22.9 Å². The molecule has 0 unspecified atom stereocenters. The summed E-state index contributed by atoms with van der Waals surface area (Å²) in [7, 11) is 0. The van der Waals surface area contributed by atoms with Crippen molar-refractivity contribution in [3.05, 3.63) is 70.2 Å². The van der Waals surface area contributed by atoms with Gasteiger partial charge in [-0.3, -0.25) is 4.98 Å². The van der Waals surface area contributed by atoms with Crippen molar-refractivity contribution >= 4 is 33.2 Å². The molecule has 4 nitrogen and oxygen atoms in total. The highest BCUT2D eigenvalue weighted by molar-refractivity contribution is 9.10. The zero-order chi connectivity index (χ0) is 14.7. The molecule has 106 valence electrons. The molecule has 0 saturated heterocycles. The van der Waals surface area contributed by atoms with Crippen LogP contribution in [-0.4, -0.2) is 14.8 Å². The Bertz CT molecular complexity index is 726. The molecule has 2 heterocycles. The monoisotopic (exact) mass is 362 g/mol. The van der Waals surface area contributed by atoms with Crippen molar-refractivity contribution in [2.75, 3.05) is 5.32 Å². The number of nitrogens with one attached hydrogen (secondary N) is 1. The number of halogens is 2. The van der Waals surface area contributed by atoms with Crippen molar-refractivity contribution < 1.29 is 0 Å². The van der Waals surface area contributed by atoms with E-state index in [0.717, 1.165) is 21.5 Å². The van der Waals surface area contributed by atoms with Crippen molar-refractivity contribution in [1.82, 2.24) is 14.8 Å². The molecule has 0 atom stereocenters. The van der Waals surface area contributed by atoms with Crippen LogP contribution in [0.3, 0.4) is 0 Å². The van der Waals surface area contributed by atoms with Gasteiger partial charge in [0.15, 0.2) is 0 Å². The van der Waals surface area contributed by atoms with E-state index in [1.165, 1.54) is 0 Å². The molecule has 3 aromatic rings. The Morgan fingerprint density at radius 2 is 2.10 bits per heavy atom. The molecule has 0 spiro atoms. The molecule has 0 amide bonds. The average Bonchev–Trinajstić information content (AvgIpc) is 3.00. The Labute approximate surface area is 135 Å². The topological polar surface area (TPSA) is 42.7 Å². The second-order valence-corrected chi connectivity index (χ2v) is 5.73. The second kappa shape index (κ2) is 6.28. The van der Waals surface area contributed by atoms with Crippen molar-refractivity contribution in [2.24, 2.45) is 0 Å². The molecule has 1 N–H and O–H groups in total. The minimum atomic E-state index is 0.613. The molecule has 0 aliphatic heterocycles. The molecule has 21 heavy (non-hydrogen) atoms. The lowest BCUT2D eigenvalue weighted by atomic mass is 10.2. The summed E-state index contributed by atoms with van der Waals surface area (Å²) >= 11 is 9.68. The number of anilines is 1. The first kappa shape index (κ1) is 14.1. The van der Waals surface area contributed by atoms with Gasteiger partial charge in [-0.25, -0.2) is 4.68 Å². The molecule has 3 rings (SSSR count). The van der Waals surface area contributed by atoms with Gasteiger partial charge in [-0.05, 0) is 46.3 Å². The summed E-state index contributed by atoms with van der Waals surface area (Å²) in [4.78, 5) is 4.34. The number of aromatic nitrogens is 3. The third-order valence-corrected chi connectivity index (χ3v) is 3.74. The lowest BCUT2D eigenvalue weighted by Crippen LogP contribution is -2.06. The van der Waals surface area contributed by atoms with E-state index >= 15 is 0 Å². The highest BCUT2D eigenvalue weighted by Gasteiger charge is 2.09. The first-order valence-corrected chi connectivity index (χ1v) is 7.54. The Kier molecular flexibility index (Phi) is 4.22. The highest BCUT2D eigenvalue weighted by Crippen LogP contribution is 2.28. The Morgan fingerprint density at radius 3 is 2.81 bits per heavy atom. The molecule has 0 fully saturated rings. The van der Waals surface area contributed by atoms with Gasteiger partial charge in [0.1, 0.15) is 5.69 Å². The second-order valence-electron chi connectivity index (χ2n) is 4.41. The molecule has 0 saturated carbocycles. The minimum Gasteiger partial charge on any atom is -0.378 e. The zero-order valence-electron chi connectivity index (χ0n) is 11.0. The van der Waals surface area contributed by atoms with Gasteiger partial charge in [-0.2, -0.15) is 5.10 Å². The fraction of sp³-hybridized carbons (Fsp3) is 0.0667. The van der Waals surface area contributed by atoms with Crippen LogP contribution in [0.5, 0.6) is 0 Å². The van der Waals surface area contributed by atoms with Crippen LogP contribution < -0.4 is 5.32 Å². The number of benzene rings is 1. The standard InChI is InChI=1S/C15H12BrClN4/c16-11-5-6-12(18-9-11)10-19-14-4-1-3-13(17)15(14)21-8-2-7-20-21/h1-9,19H,10H2. The average molecular weight is 364 g/mol. The number of hydrogen-bond acceptors (Lipinski definition) is 3. The quantitative estimate of drug-likeness (QED) is 0.751. The normalized spacial score (nSPS) is 10.6. The van der Waals surface area contributed by atoms with E-state index < -0.39 is 0 Å². The third-order valence-electron chi connectivity index (χ3n) is 2.97. The van der Waals surface area contributed by atoms with Crippen molar-refractivity contribution in [3.8, 4) is 5.69 Å². The molecule has 0 aliphatic rings. The van der Waals surface area contributed by atoms with E-state index in [2.05, 4.69) is 31.3 Å². The molecule has 0 aliphatic carbocycles. The van der Waals surface area contributed by atoms with Gasteiger partial charge in [0, 0.05) is 23.1 Å². The van der Waals surface area contributed by atoms with E-state index in [4.69, 9.17) is 11.6 Å². The van der Waals surface area contributed by atoms with Crippen molar-refractivity contribution in [1.29, 1.82) is 0 Å². The van der Waals surface area contributed by atoms with Crippen LogP contribution in [0.15, 0.2) is 59.5 Å². The summed E-state index contributed by atoms with van der Waals surface area (Å²) in [6.45, 7) is 0.613. The van der Waals surface area contributed by atoms with E-state index in [0.29, 0.717) is 11.6 Å². The predicted molar refractivity (Wildman–Crippen MR) is 87.8 cm³/mol.